The molecule has 1 aromatic carbocycles. The minimum Gasteiger partial charge on any atom is -0.346 e. The van der Waals surface area contributed by atoms with Crippen LogP contribution < -0.4 is 0 Å². The SMILES string of the molecule is CC(C)c1c(-c2ccc(SC(F)F)cc2)[nH]cnc1=S. The summed E-state index contributed by atoms with van der Waals surface area (Å²) in [6.45, 7) is 4.09. The number of hydrogen-bond acceptors (Lipinski definition) is 3. The minimum atomic E-state index is -2.40. The summed E-state index contributed by atoms with van der Waals surface area (Å²) in [6, 6.07) is 7.01. The molecule has 0 aliphatic rings. The van der Waals surface area contributed by atoms with E-state index in [-0.39, 0.29) is 5.92 Å². The van der Waals surface area contributed by atoms with Gasteiger partial charge in [0.25, 0.3) is 5.76 Å². The molecule has 0 saturated carbocycles. The number of halogens is 2. The Labute approximate surface area is 125 Å². The second-order valence-corrected chi connectivity index (χ2v) is 6.00. The molecule has 0 saturated heterocycles. The Hall–Kier alpha value is -1.27. The van der Waals surface area contributed by atoms with E-state index >= 15 is 0 Å². The van der Waals surface area contributed by atoms with E-state index < -0.39 is 5.76 Å². The molecule has 20 heavy (non-hydrogen) atoms. The average Bonchev–Trinajstić information content (AvgIpc) is 2.38. The number of aromatic nitrogens is 2. The van der Waals surface area contributed by atoms with Gasteiger partial charge in [0, 0.05) is 10.5 Å². The molecule has 0 amide bonds. The minimum absolute atomic E-state index is 0.234. The number of hydrogen-bond donors (Lipinski definition) is 1. The molecule has 0 atom stereocenters. The lowest BCUT2D eigenvalue weighted by Crippen LogP contribution is -1.98. The van der Waals surface area contributed by atoms with E-state index in [4.69, 9.17) is 12.2 Å². The first-order valence-corrected chi connectivity index (χ1v) is 7.40. The zero-order valence-electron chi connectivity index (χ0n) is 11.1. The Kier molecular flexibility index (Phi) is 4.88. The van der Waals surface area contributed by atoms with Crippen LogP contribution in [0.4, 0.5) is 8.78 Å². The highest BCUT2D eigenvalue weighted by Crippen LogP contribution is 2.30. The summed E-state index contributed by atoms with van der Waals surface area (Å²) in [4.78, 5) is 7.75. The number of nitrogens with one attached hydrogen (secondary N) is 1. The van der Waals surface area contributed by atoms with Crippen LogP contribution in [0.1, 0.15) is 25.3 Å². The van der Waals surface area contributed by atoms with Gasteiger partial charge < -0.3 is 4.98 Å². The van der Waals surface area contributed by atoms with Crippen molar-refractivity contribution in [1.29, 1.82) is 0 Å². The van der Waals surface area contributed by atoms with Crippen LogP contribution in [-0.4, -0.2) is 15.7 Å². The number of benzene rings is 1. The van der Waals surface area contributed by atoms with E-state index in [0.29, 0.717) is 21.3 Å². The molecule has 0 fully saturated rings. The first-order valence-electron chi connectivity index (χ1n) is 6.12. The van der Waals surface area contributed by atoms with Crippen LogP contribution in [0.5, 0.6) is 0 Å². The van der Waals surface area contributed by atoms with Crippen molar-refractivity contribution in [2.75, 3.05) is 0 Å². The fourth-order valence-electron chi connectivity index (χ4n) is 1.99. The monoisotopic (exact) mass is 312 g/mol. The molecule has 0 aliphatic carbocycles. The summed E-state index contributed by atoms with van der Waals surface area (Å²) >= 11 is 5.80. The van der Waals surface area contributed by atoms with Crippen molar-refractivity contribution < 1.29 is 8.78 Å². The van der Waals surface area contributed by atoms with Crippen LogP contribution in [0.2, 0.25) is 0 Å². The summed E-state index contributed by atoms with van der Waals surface area (Å²) in [5, 5.41) is 0. The Bertz CT molecular complexity index is 636. The van der Waals surface area contributed by atoms with Gasteiger partial charge in [-0.25, -0.2) is 4.98 Å². The van der Waals surface area contributed by atoms with Crippen LogP contribution in [0.15, 0.2) is 35.5 Å². The van der Waals surface area contributed by atoms with Gasteiger partial charge in [-0.1, -0.05) is 50.0 Å². The van der Waals surface area contributed by atoms with Gasteiger partial charge in [0.2, 0.25) is 0 Å². The third-order valence-corrected chi connectivity index (χ3v) is 3.88. The molecule has 2 rings (SSSR count). The first kappa shape index (κ1) is 15.1. The summed E-state index contributed by atoms with van der Waals surface area (Å²) in [6.07, 6.45) is 1.56. The molecule has 1 N–H and O–H groups in total. The standard InChI is InChI=1S/C14H14F2N2S2/c1-8(2)11-12(17-7-18-13(11)19)9-3-5-10(6-4-9)20-14(15)16/h3-8,14H,1-2H3,(H,17,18,19). The van der Waals surface area contributed by atoms with Gasteiger partial charge in [0.1, 0.15) is 4.64 Å². The zero-order chi connectivity index (χ0) is 14.7. The van der Waals surface area contributed by atoms with Gasteiger partial charge in [-0.15, -0.1) is 0 Å². The lowest BCUT2D eigenvalue weighted by atomic mass is 9.99. The predicted molar refractivity (Wildman–Crippen MR) is 80.8 cm³/mol. The van der Waals surface area contributed by atoms with Crippen LogP contribution in [0, 0.1) is 4.64 Å². The Balaban J connectivity index is 2.42. The first-order chi connectivity index (χ1) is 9.49. The smallest absolute Gasteiger partial charge is 0.288 e. The molecule has 1 aromatic heterocycles. The third-order valence-electron chi connectivity index (χ3n) is 2.84. The van der Waals surface area contributed by atoms with Crippen molar-refractivity contribution in [3.05, 3.63) is 40.8 Å². The average molecular weight is 312 g/mol. The van der Waals surface area contributed by atoms with Gasteiger partial charge >= 0.3 is 0 Å². The fourth-order valence-corrected chi connectivity index (χ4v) is 2.88. The molecule has 2 nitrogen and oxygen atoms in total. The van der Waals surface area contributed by atoms with Crippen molar-refractivity contribution in [3.8, 4) is 11.3 Å². The number of thioether (sulfide) groups is 1. The summed E-state index contributed by atoms with van der Waals surface area (Å²) in [7, 11) is 0. The highest BCUT2D eigenvalue weighted by atomic mass is 32.2. The van der Waals surface area contributed by atoms with Crippen molar-refractivity contribution in [2.45, 2.75) is 30.4 Å². The quantitative estimate of drug-likeness (QED) is 0.618. The highest BCUT2D eigenvalue weighted by Gasteiger charge is 2.12. The molecule has 0 unspecified atom stereocenters. The van der Waals surface area contributed by atoms with E-state index in [0.717, 1.165) is 16.8 Å². The Morgan fingerprint density at radius 2 is 1.85 bits per heavy atom. The van der Waals surface area contributed by atoms with Crippen LogP contribution in [0.25, 0.3) is 11.3 Å². The van der Waals surface area contributed by atoms with E-state index in [9.17, 15) is 8.78 Å². The van der Waals surface area contributed by atoms with Crippen LogP contribution >= 0.6 is 24.0 Å². The molecule has 106 valence electrons. The fraction of sp³-hybridized carbons (Fsp3) is 0.286. The van der Waals surface area contributed by atoms with Crippen molar-refractivity contribution >= 4 is 24.0 Å². The molecule has 6 heteroatoms. The number of alkyl halides is 2. The maximum Gasteiger partial charge on any atom is 0.288 e. The van der Waals surface area contributed by atoms with Gasteiger partial charge in [0.05, 0.1) is 12.0 Å². The highest BCUT2D eigenvalue weighted by molar-refractivity contribution is 7.99. The third kappa shape index (κ3) is 3.43. The summed E-state index contributed by atoms with van der Waals surface area (Å²) in [5.41, 5.74) is 2.78. The second kappa shape index (κ2) is 6.45. The molecule has 0 bridgehead atoms. The molecule has 1 heterocycles. The van der Waals surface area contributed by atoms with Crippen LogP contribution in [0.3, 0.4) is 0 Å². The molecule has 0 aliphatic heterocycles. The normalized spacial score (nSPS) is 11.3. The van der Waals surface area contributed by atoms with Crippen molar-refractivity contribution in [2.24, 2.45) is 0 Å². The lowest BCUT2D eigenvalue weighted by molar-refractivity contribution is 0.252. The number of nitrogens with zero attached hydrogens (tertiary/aromatic N) is 1. The molecular weight excluding hydrogens is 298 g/mol. The van der Waals surface area contributed by atoms with Crippen molar-refractivity contribution in [3.63, 3.8) is 0 Å². The van der Waals surface area contributed by atoms with E-state index in [1.54, 1.807) is 18.5 Å². The van der Waals surface area contributed by atoms with Gasteiger partial charge in [-0.2, -0.15) is 8.78 Å². The Morgan fingerprint density at radius 1 is 1.20 bits per heavy atom. The van der Waals surface area contributed by atoms with E-state index in [1.165, 1.54) is 0 Å². The molecule has 2 aromatic rings. The van der Waals surface area contributed by atoms with E-state index in [2.05, 4.69) is 9.97 Å². The number of aromatic amines is 1. The lowest BCUT2D eigenvalue weighted by Gasteiger charge is -2.12. The van der Waals surface area contributed by atoms with Gasteiger partial charge in [-0.05, 0) is 23.6 Å². The topological polar surface area (TPSA) is 28.7 Å². The molecular formula is C14H14F2N2S2. The predicted octanol–water partition coefficient (Wildman–Crippen LogP) is 5.24. The summed E-state index contributed by atoms with van der Waals surface area (Å²) in [5.74, 6) is -2.17. The summed E-state index contributed by atoms with van der Waals surface area (Å²) < 4.78 is 25.2. The largest absolute Gasteiger partial charge is 0.346 e. The maximum absolute atomic E-state index is 12.3. The number of rotatable bonds is 4. The van der Waals surface area contributed by atoms with Crippen molar-refractivity contribution in [1.82, 2.24) is 9.97 Å². The zero-order valence-corrected chi connectivity index (χ0v) is 12.7. The van der Waals surface area contributed by atoms with Gasteiger partial charge in [-0.3, -0.25) is 0 Å². The Morgan fingerprint density at radius 3 is 2.40 bits per heavy atom. The van der Waals surface area contributed by atoms with Gasteiger partial charge in [0.15, 0.2) is 0 Å². The molecule has 0 spiro atoms. The van der Waals surface area contributed by atoms with E-state index in [1.807, 2.05) is 26.0 Å². The molecule has 0 radical (unpaired) electrons. The number of H-pyrrole nitrogens is 1. The maximum atomic E-state index is 12.3. The van der Waals surface area contributed by atoms with Crippen LogP contribution in [-0.2, 0) is 0 Å². The second-order valence-electron chi connectivity index (χ2n) is 4.55.